The molecule has 2 heterocycles. The van der Waals surface area contributed by atoms with Crippen molar-refractivity contribution in [3.63, 3.8) is 0 Å². The molecule has 1 fully saturated rings. The Bertz CT molecular complexity index is 761. The lowest BCUT2D eigenvalue weighted by atomic mass is 10.1. The molecule has 3 rings (SSSR count). The number of ether oxygens (including phenoxy) is 2. The van der Waals surface area contributed by atoms with Crippen molar-refractivity contribution in [1.82, 2.24) is 4.90 Å². The second-order valence-corrected chi connectivity index (χ2v) is 6.40. The number of benzene rings is 1. The van der Waals surface area contributed by atoms with E-state index in [9.17, 15) is 14.0 Å². The summed E-state index contributed by atoms with van der Waals surface area (Å²) in [6.07, 6.45) is -0.363. The number of hydrogen-bond acceptors (Lipinski definition) is 5. The summed E-state index contributed by atoms with van der Waals surface area (Å²) in [5.41, 5.74) is 0.703. The van der Waals surface area contributed by atoms with Gasteiger partial charge in [-0.2, -0.15) is 0 Å². The van der Waals surface area contributed by atoms with Crippen molar-refractivity contribution < 1.29 is 23.5 Å². The summed E-state index contributed by atoms with van der Waals surface area (Å²) in [7, 11) is 1.30. The molecule has 1 atom stereocenters. The van der Waals surface area contributed by atoms with Gasteiger partial charge in [0.05, 0.1) is 25.1 Å². The van der Waals surface area contributed by atoms with Crippen molar-refractivity contribution in [2.24, 2.45) is 0 Å². The Morgan fingerprint density at radius 2 is 2.08 bits per heavy atom. The summed E-state index contributed by atoms with van der Waals surface area (Å²) in [5.74, 6) is -0.959. The first-order chi connectivity index (χ1) is 11.6. The molecule has 1 saturated heterocycles. The second kappa shape index (κ2) is 7.11. The van der Waals surface area contributed by atoms with Crippen molar-refractivity contribution in [2.45, 2.75) is 6.10 Å². The summed E-state index contributed by atoms with van der Waals surface area (Å²) < 4.78 is 23.7. The van der Waals surface area contributed by atoms with Gasteiger partial charge in [0, 0.05) is 6.54 Å². The zero-order chi connectivity index (χ0) is 17.1. The minimum Gasteiger partial charge on any atom is -0.465 e. The van der Waals surface area contributed by atoms with E-state index in [-0.39, 0.29) is 17.8 Å². The van der Waals surface area contributed by atoms with E-state index in [0.29, 0.717) is 35.0 Å². The van der Waals surface area contributed by atoms with Gasteiger partial charge < -0.3 is 14.4 Å². The number of morpholine rings is 1. The molecule has 0 saturated carbocycles. The molecule has 0 unspecified atom stereocenters. The number of hydrogen-bond donors (Lipinski definition) is 0. The number of carbonyl (C=O) groups is 2. The van der Waals surface area contributed by atoms with E-state index < -0.39 is 5.97 Å². The van der Waals surface area contributed by atoms with Crippen molar-refractivity contribution in [3.05, 3.63) is 57.5 Å². The molecule has 126 valence electrons. The van der Waals surface area contributed by atoms with Gasteiger partial charge in [-0.3, -0.25) is 4.79 Å². The zero-order valence-corrected chi connectivity index (χ0v) is 13.8. The Hall–Kier alpha value is -2.25. The molecule has 7 heteroatoms. The van der Waals surface area contributed by atoms with Gasteiger partial charge in [-0.05, 0) is 29.8 Å². The van der Waals surface area contributed by atoms with Crippen molar-refractivity contribution in [1.29, 1.82) is 0 Å². The lowest BCUT2D eigenvalue weighted by Gasteiger charge is -2.33. The monoisotopic (exact) mass is 349 g/mol. The average Bonchev–Trinajstić information content (AvgIpc) is 3.10. The topological polar surface area (TPSA) is 55.8 Å². The maximum Gasteiger partial charge on any atom is 0.348 e. The van der Waals surface area contributed by atoms with Crippen LogP contribution < -0.4 is 0 Å². The minimum absolute atomic E-state index is 0.167. The first kappa shape index (κ1) is 16.6. The number of halogens is 1. The summed E-state index contributed by atoms with van der Waals surface area (Å²) >= 11 is 1.10. The minimum atomic E-state index is -0.460. The summed E-state index contributed by atoms with van der Waals surface area (Å²) in [4.78, 5) is 26.6. The van der Waals surface area contributed by atoms with Crippen LogP contribution in [0.4, 0.5) is 4.39 Å². The Morgan fingerprint density at radius 1 is 1.29 bits per heavy atom. The predicted octanol–water partition coefficient (Wildman–Crippen LogP) is 2.89. The van der Waals surface area contributed by atoms with E-state index in [1.807, 2.05) is 0 Å². The van der Waals surface area contributed by atoms with Crippen molar-refractivity contribution in [2.75, 3.05) is 26.8 Å². The van der Waals surface area contributed by atoms with E-state index in [1.54, 1.807) is 29.2 Å². The van der Waals surface area contributed by atoms with E-state index >= 15 is 0 Å². The fraction of sp³-hybridized carbons (Fsp3) is 0.294. The van der Waals surface area contributed by atoms with Gasteiger partial charge in [-0.1, -0.05) is 12.1 Å². The van der Waals surface area contributed by atoms with Gasteiger partial charge >= 0.3 is 5.97 Å². The molecule has 0 bridgehead atoms. The number of esters is 1. The van der Waals surface area contributed by atoms with Crippen LogP contribution in [0.15, 0.2) is 36.4 Å². The third-order valence-corrected chi connectivity index (χ3v) is 4.83. The van der Waals surface area contributed by atoms with Crippen LogP contribution in [0.2, 0.25) is 0 Å². The second-order valence-electron chi connectivity index (χ2n) is 5.32. The van der Waals surface area contributed by atoms with Crippen LogP contribution in [0.3, 0.4) is 0 Å². The Balaban J connectivity index is 1.73. The average molecular weight is 349 g/mol. The molecule has 1 aromatic carbocycles. The summed E-state index contributed by atoms with van der Waals surface area (Å²) in [6, 6.07) is 9.38. The third-order valence-electron chi connectivity index (χ3n) is 3.78. The molecule has 0 spiro atoms. The van der Waals surface area contributed by atoms with Crippen molar-refractivity contribution in [3.8, 4) is 0 Å². The van der Waals surface area contributed by atoms with Crippen LogP contribution in [0.5, 0.6) is 0 Å². The van der Waals surface area contributed by atoms with Crippen LogP contribution >= 0.6 is 11.3 Å². The molecule has 5 nitrogen and oxygen atoms in total. The highest BCUT2D eigenvalue weighted by Crippen LogP contribution is 2.26. The highest BCUT2D eigenvalue weighted by molar-refractivity contribution is 7.15. The number of methoxy groups -OCH3 is 1. The number of carbonyl (C=O) groups excluding carboxylic acids is 2. The highest BCUT2D eigenvalue weighted by atomic mass is 32.1. The maximum absolute atomic E-state index is 13.4. The van der Waals surface area contributed by atoms with Crippen LogP contribution in [-0.2, 0) is 9.47 Å². The predicted molar refractivity (Wildman–Crippen MR) is 86.7 cm³/mol. The van der Waals surface area contributed by atoms with Crippen LogP contribution in [0.25, 0.3) is 0 Å². The Kier molecular flexibility index (Phi) is 4.92. The van der Waals surface area contributed by atoms with Gasteiger partial charge in [0.2, 0.25) is 0 Å². The SMILES string of the molecule is COC(=O)c1ccc(C(=O)N2CCO[C@@H](c3cccc(F)c3)C2)s1. The Morgan fingerprint density at radius 3 is 2.83 bits per heavy atom. The molecule has 1 aromatic heterocycles. The molecule has 0 radical (unpaired) electrons. The van der Waals surface area contributed by atoms with Gasteiger partial charge in [0.25, 0.3) is 5.91 Å². The van der Waals surface area contributed by atoms with Gasteiger partial charge in [-0.15, -0.1) is 11.3 Å². The Labute approximate surface area is 142 Å². The largest absolute Gasteiger partial charge is 0.465 e. The van der Waals surface area contributed by atoms with E-state index in [0.717, 1.165) is 11.3 Å². The summed E-state index contributed by atoms with van der Waals surface area (Å²) in [6.45, 7) is 1.17. The lowest BCUT2D eigenvalue weighted by molar-refractivity contribution is -0.0227. The third kappa shape index (κ3) is 3.47. The fourth-order valence-electron chi connectivity index (χ4n) is 2.56. The van der Waals surface area contributed by atoms with Crippen LogP contribution in [0.1, 0.15) is 31.0 Å². The standard InChI is InChI=1S/C17H16FNO4S/c1-22-17(21)15-6-5-14(24-15)16(20)19-7-8-23-13(10-19)11-3-2-4-12(18)9-11/h2-6,9,13H,7-8,10H2,1H3/t13-/m1/s1. The smallest absolute Gasteiger partial charge is 0.348 e. The van der Waals surface area contributed by atoms with E-state index in [2.05, 4.69) is 4.74 Å². The molecular weight excluding hydrogens is 333 g/mol. The van der Waals surface area contributed by atoms with Gasteiger partial charge in [0.15, 0.2) is 0 Å². The number of nitrogens with zero attached hydrogens (tertiary/aromatic N) is 1. The molecule has 24 heavy (non-hydrogen) atoms. The molecule has 1 amide bonds. The zero-order valence-electron chi connectivity index (χ0n) is 13.0. The van der Waals surface area contributed by atoms with Crippen molar-refractivity contribution >= 4 is 23.2 Å². The summed E-state index contributed by atoms with van der Waals surface area (Å²) in [5, 5.41) is 0. The first-order valence-corrected chi connectivity index (χ1v) is 8.24. The normalized spacial score (nSPS) is 17.6. The first-order valence-electron chi connectivity index (χ1n) is 7.43. The van der Waals surface area contributed by atoms with Crippen LogP contribution in [-0.4, -0.2) is 43.6 Å². The molecule has 2 aromatic rings. The van der Waals surface area contributed by atoms with Gasteiger partial charge in [-0.25, -0.2) is 9.18 Å². The fourth-order valence-corrected chi connectivity index (χ4v) is 3.45. The molecule has 1 aliphatic rings. The quantitative estimate of drug-likeness (QED) is 0.800. The number of amides is 1. The molecule has 0 aliphatic carbocycles. The number of rotatable bonds is 3. The highest BCUT2D eigenvalue weighted by Gasteiger charge is 2.27. The molecule has 1 aliphatic heterocycles. The molecule has 0 N–H and O–H groups in total. The van der Waals surface area contributed by atoms with Crippen LogP contribution in [0, 0.1) is 5.82 Å². The van der Waals surface area contributed by atoms with E-state index in [4.69, 9.17) is 4.74 Å². The van der Waals surface area contributed by atoms with Gasteiger partial charge in [0.1, 0.15) is 16.8 Å². The maximum atomic E-state index is 13.4. The lowest BCUT2D eigenvalue weighted by Crippen LogP contribution is -2.42. The number of thiophene rings is 1. The van der Waals surface area contributed by atoms with E-state index in [1.165, 1.54) is 19.2 Å². The molecular formula is C17H16FNO4S.